The van der Waals surface area contributed by atoms with Crippen molar-refractivity contribution < 1.29 is 15.0 Å². The van der Waals surface area contributed by atoms with Gasteiger partial charge >= 0.3 is 5.97 Å². The van der Waals surface area contributed by atoms with E-state index in [1.165, 1.54) is 11.8 Å². The monoisotopic (exact) mass is 263 g/mol. The maximum Gasteiger partial charge on any atom is 0.304 e. The molecule has 0 amide bonds. The number of rotatable bonds is 4. The van der Waals surface area contributed by atoms with Crippen LogP contribution in [0.4, 0.5) is 0 Å². The fraction of sp³-hybridized carbons (Fsp3) is 0.231. The Bertz CT molecular complexity index is 585. The number of phenols is 1. The summed E-state index contributed by atoms with van der Waals surface area (Å²) in [5.74, 6) is -0.638. The van der Waals surface area contributed by atoms with Gasteiger partial charge in [0.1, 0.15) is 10.8 Å². The van der Waals surface area contributed by atoms with Crippen LogP contribution >= 0.6 is 11.8 Å². The number of carbonyl (C=O) groups is 1. The number of aliphatic carboxylic acids is 1. The summed E-state index contributed by atoms with van der Waals surface area (Å²) in [5, 5.41) is 20.8. The number of phenolic OH excluding ortho intramolecular Hbond substituents is 1. The van der Waals surface area contributed by atoms with E-state index in [9.17, 15) is 9.90 Å². The molecule has 0 radical (unpaired) electrons. The fourth-order valence-corrected chi connectivity index (χ4v) is 2.73. The number of benzene rings is 1. The third kappa shape index (κ3) is 2.92. The molecule has 5 heteroatoms. The van der Waals surface area contributed by atoms with Gasteiger partial charge in [0.05, 0.1) is 6.42 Å². The molecular weight excluding hydrogens is 250 g/mol. The normalized spacial score (nSPS) is 12.5. The van der Waals surface area contributed by atoms with Gasteiger partial charge in [-0.1, -0.05) is 13.0 Å². The molecule has 0 aliphatic rings. The fourth-order valence-electron chi connectivity index (χ4n) is 1.70. The number of carboxylic acid groups (broad SMARTS) is 1. The molecule has 2 aromatic rings. The summed E-state index contributed by atoms with van der Waals surface area (Å²) in [5.41, 5.74) is 0. The van der Waals surface area contributed by atoms with Crippen molar-refractivity contribution in [2.24, 2.45) is 0 Å². The smallest absolute Gasteiger partial charge is 0.304 e. The van der Waals surface area contributed by atoms with Crippen LogP contribution in [-0.2, 0) is 4.79 Å². The topological polar surface area (TPSA) is 70.4 Å². The molecule has 0 aliphatic heterocycles. The molecule has 1 heterocycles. The van der Waals surface area contributed by atoms with Crippen LogP contribution in [0.2, 0.25) is 0 Å². The number of hydrogen-bond donors (Lipinski definition) is 2. The van der Waals surface area contributed by atoms with E-state index in [1.54, 1.807) is 18.3 Å². The Morgan fingerprint density at radius 2 is 2.22 bits per heavy atom. The second-order valence-electron chi connectivity index (χ2n) is 4.05. The summed E-state index contributed by atoms with van der Waals surface area (Å²) in [6.45, 7) is 1.85. The Morgan fingerprint density at radius 1 is 1.44 bits per heavy atom. The van der Waals surface area contributed by atoms with Crippen LogP contribution in [0.5, 0.6) is 5.75 Å². The predicted molar refractivity (Wildman–Crippen MR) is 71.0 cm³/mol. The van der Waals surface area contributed by atoms with Gasteiger partial charge in [-0.2, -0.15) is 0 Å². The summed E-state index contributed by atoms with van der Waals surface area (Å²) < 4.78 is 0. The molecule has 94 valence electrons. The zero-order valence-electron chi connectivity index (χ0n) is 9.83. The van der Waals surface area contributed by atoms with Crippen molar-refractivity contribution in [2.75, 3.05) is 0 Å². The van der Waals surface area contributed by atoms with Crippen LogP contribution in [0.25, 0.3) is 10.8 Å². The summed E-state index contributed by atoms with van der Waals surface area (Å²) in [7, 11) is 0. The molecule has 18 heavy (non-hydrogen) atoms. The lowest BCUT2D eigenvalue weighted by Crippen LogP contribution is -2.05. The van der Waals surface area contributed by atoms with Gasteiger partial charge in [0, 0.05) is 16.8 Å². The second kappa shape index (κ2) is 5.27. The Labute approximate surface area is 109 Å². The van der Waals surface area contributed by atoms with Crippen LogP contribution in [0.3, 0.4) is 0 Å². The standard InChI is InChI=1S/C13H13NO3S/c1-8(6-12(16)17)18-13-11-7-10(15)3-2-9(11)4-5-14-13/h2-5,7-8,15H,6H2,1H3,(H,16,17). The molecule has 1 aromatic carbocycles. The lowest BCUT2D eigenvalue weighted by molar-refractivity contribution is -0.136. The summed E-state index contributed by atoms with van der Waals surface area (Å²) in [4.78, 5) is 14.9. The van der Waals surface area contributed by atoms with E-state index < -0.39 is 5.97 Å². The first-order chi connectivity index (χ1) is 8.56. The number of carboxylic acids is 1. The largest absolute Gasteiger partial charge is 0.508 e. The van der Waals surface area contributed by atoms with Crippen LogP contribution in [0.1, 0.15) is 13.3 Å². The molecule has 1 aromatic heterocycles. The van der Waals surface area contributed by atoms with Crippen molar-refractivity contribution in [2.45, 2.75) is 23.6 Å². The molecule has 0 saturated heterocycles. The van der Waals surface area contributed by atoms with Crippen LogP contribution in [0.15, 0.2) is 35.5 Å². The lowest BCUT2D eigenvalue weighted by atomic mass is 10.2. The molecule has 1 atom stereocenters. The van der Waals surface area contributed by atoms with Crippen molar-refractivity contribution in [3.63, 3.8) is 0 Å². The molecule has 0 saturated carbocycles. The van der Waals surface area contributed by atoms with E-state index in [1.807, 2.05) is 19.1 Å². The SMILES string of the molecule is CC(CC(=O)O)Sc1nccc2ccc(O)cc12. The maximum absolute atomic E-state index is 10.6. The van der Waals surface area contributed by atoms with E-state index in [0.717, 1.165) is 15.8 Å². The number of aromatic nitrogens is 1. The quantitative estimate of drug-likeness (QED) is 0.830. The number of pyridine rings is 1. The van der Waals surface area contributed by atoms with E-state index in [0.29, 0.717) is 0 Å². The average Bonchev–Trinajstić information content (AvgIpc) is 2.28. The van der Waals surface area contributed by atoms with Crippen molar-refractivity contribution in [3.8, 4) is 5.75 Å². The Balaban J connectivity index is 2.32. The minimum absolute atomic E-state index is 0.0667. The van der Waals surface area contributed by atoms with E-state index in [-0.39, 0.29) is 17.4 Å². The highest BCUT2D eigenvalue weighted by molar-refractivity contribution is 8.00. The minimum Gasteiger partial charge on any atom is -0.508 e. The van der Waals surface area contributed by atoms with Gasteiger partial charge in [-0.05, 0) is 23.6 Å². The molecule has 0 aliphatic carbocycles. The van der Waals surface area contributed by atoms with E-state index in [4.69, 9.17) is 5.11 Å². The Morgan fingerprint density at radius 3 is 2.94 bits per heavy atom. The number of aromatic hydroxyl groups is 1. The van der Waals surface area contributed by atoms with Crippen molar-refractivity contribution in [1.82, 2.24) is 4.98 Å². The molecule has 2 rings (SSSR count). The van der Waals surface area contributed by atoms with Crippen molar-refractivity contribution in [3.05, 3.63) is 30.5 Å². The number of thioether (sulfide) groups is 1. The minimum atomic E-state index is -0.821. The molecule has 2 N–H and O–H groups in total. The first-order valence-electron chi connectivity index (χ1n) is 5.52. The second-order valence-corrected chi connectivity index (χ2v) is 5.48. The van der Waals surface area contributed by atoms with Crippen LogP contribution < -0.4 is 0 Å². The summed E-state index contributed by atoms with van der Waals surface area (Å²) in [6.07, 6.45) is 1.77. The van der Waals surface area contributed by atoms with E-state index in [2.05, 4.69) is 4.98 Å². The zero-order valence-corrected chi connectivity index (χ0v) is 10.6. The maximum atomic E-state index is 10.6. The summed E-state index contributed by atoms with van der Waals surface area (Å²) in [6, 6.07) is 6.95. The van der Waals surface area contributed by atoms with Gasteiger partial charge in [0.2, 0.25) is 0 Å². The lowest BCUT2D eigenvalue weighted by Gasteiger charge is -2.10. The third-order valence-corrected chi connectivity index (χ3v) is 3.61. The van der Waals surface area contributed by atoms with Crippen LogP contribution in [0, 0.1) is 0 Å². The van der Waals surface area contributed by atoms with Gasteiger partial charge < -0.3 is 10.2 Å². The molecule has 0 bridgehead atoms. The number of fused-ring (bicyclic) bond motifs is 1. The van der Waals surface area contributed by atoms with Crippen LogP contribution in [-0.4, -0.2) is 26.4 Å². The first-order valence-corrected chi connectivity index (χ1v) is 6.40. The molecule has 1 unspecified atom stereocenters. The molecule has 4 nitrogen and oxygen atoms in total. The van der Waals surface area contributed by atoms with Gasteiger partial charge in [-0.3, -0.25) is 4.79 Å². The highest BCUT2D eigenvalue weighted by Crippen LogP contribution is 2.31. The number of nitrogens with zero attached hydrogens (tertiary/aromatic N) is 1. The van der Waals surface area contributed by atoms with Crippen molar-refractivity contribution in [1.29, 1.82) is 0 Å². The predicted octanol–water partition coefficient (Wildman–Crippen LogP) is 2.90. The molecule has 0 fully saturated rings. The first kappa shape index (κ1) is 12.7. The van der Waals surface area contributed by atoms with Gasteiger partial charge in [0.25, 0.3) is 0 Å². The molecular formula is C13H13NO3S. The Hall–Kier alpha value is -1.75. The third-order valence-electron chi connectivity index (χ3n) is 2.49. The summed E-state index contributed by atoms with van der Waals surface area (Å²) >= 11 is 1.41. The highest BCUT2D eigenvalue weighted by atomic mass is 32.2. The molecule has 0 spiro atoms. The van der Waals surface area contributed by atoms with E-state index >= 15 is 0 Å². The van der Waals surface area contributed by atoms with Gasteiger partial charge in [0.15, 0.2) is 0 Å². The average molecular weight is 263 g/mol. The highest BCUT2D eigenvalue weighted by Gasteiger charge is 2.12. The van der Waals surface area contributed by atoms with Crippen molar-refractivity contribution >= 4 is 28.5 Å². The zero-order chi connectivity index (χ0) is 13.1. The number of hydrogen-bond acceptors (Lipinski definition) is 4. The van der Waals surface area contributed by atoms with Gasteiger partial charge in [-0.25, -0.2) is 4.98 Å². The van der Waals surface area contributed by atoms with Gasteiger partial charge in [-0.15, -0.1) is 11.8 Å². The Kier molecular flexibility index (Phi) is 3.72.